The summed E-state index contributed by atoms with van der Waals surface area (Å²) in [6.07, 6.45) is 4.15. The van der Waals surface area contributed by atoms with Gasteiger partial charge in [0.15, 0.2) is 0 Å². The Morgan fingerprint density at radius 1 is 1.12 bits per heavy atom. The van der Waals surface area contributed by atoms with E-state index in [2.05, 4.69) is 53.5 Å². The lowest BCUT2D eigenvalue weighted by Crippen LogP contribution is -2.37. The number of fused-ring (bicyclic) bond motifs is 1. The Morgan fingerprint density at radius 2 is 1.94 bits per heavy atom. The quantitative estimate of drug-likeness (QED) is 0.627. The summed E-state index contributed by atoms with van der Waals surface area (Å²) < 4.78 is 1.21. The van der Waals surface area contributed by atoms with Crippen LogP contribution in [0.1, 0.15) is 17.8 Å². The molecule has 3 aromatic rings. The summed E-state index contributed by atoms with van der Waals surface area (Å²) in [4.78, 5) is 24.1. The van der Waals surface area contributed by atoms with E-state index in [1.807, 2.05) is 35.2 Å². The van der Waals surface area contributed by atoms with Crippen LogP contribution in [0.4, 0.5) is 16.2 Å². The van der Waals surface area contributed by atoms with Gasteiger partial charge in [0.25, 0.3) is 0 Å². The molecule has 5 rings (SSSR count). The minimum Gasteiger partial charge on any atom is -0.370 e. The summed E-state index contributed by atoms with van der Waals surface area (Å²) in [6.45, 7) is 3.43. The van der Waals surface area contributed by atoms with Crippen molar-refractivity contribution >= 4 is 44.5 Å². The first-order chi connectivity index (χ1) is 15.6. The van der Waals surface area contributed by atoms with E-state index >= 15 is 0 Å². The smallest absolute Gasteiger partial charge is 0.322 e. The molecule has 32 heavy (non-hydrogen) atoms. The highest BCUT2D eigenvalue weighted by Gasteiger charge is 2.24. The lowest BCUT2D eigenvalue weighted by molar-refractivity contribution is 0.217. The van der Waals surface area contributed by atoms with E-state index in [9.17, 15) is 4.79 Å². The number of para-hydroxylation sites is 1. The Kier molecular flexibility index (Phi) is 5.85. The van der Waals surface area contributed by atoms with Crippen molar-refractivity contribution in [3.8, 4) is 0 Å². The van der Waals surface area contributed by atoms with E-state index < -0.39 is 0 Å². The Balaban J connectivity index is 1.18. The number of nitrogens with one attached hydrogen (secondary N) is 1. The van der Waals surface area contributed by atoms with Gasteiger partial charge in [0.2, 0.25) is 0 Å². The number of nitrogens with zero attached hydrogens (tertiary/aromatic N) is 4. The number of hydrogen-bond acceptors (Lipinski definition) is 5. The SMILES string of the molecule is CN(C)C1CCN(c2ccc(NC(=O)N3CC=C(c4nc5ccccc5s4)CC3)cc2)C1. The number of anilines is 2. The second kappa shape index (κ2) is 8.92. The molecule has 1 saturated heterocycles. The Bertz CT molecular complexity index is 1100. The van der Waals surface area contributed by atoms with E-state index in [1.165, 1.54) is 22.4 Å². The van der Waals surface area contributed by atoms with Crippen LogP contribution >= 0.6 is 11.3 Å². The van der Waals surface area contributed by atoms with Gasteiger partial charge in [-0.25, -0.2) is 9.78 Å². The molecule has 3 heterocycles. The number of hydrogen-bond donors (Lipinski definition) is 1. The van der Waals surface area contributed by atoms with Crippen molar-refractivity contribution in [2.75, 3.05) is 50.5 Å². The average molecular weight is 448 g/mol. The van der Waals surface area contributed by atoms with Gasteiger partial charge in [-0.3, -0.25) is 0 Å². The molecule has 2 aromatic carbocycles. The molecule has 1 N–H and O–H groups in total. The molecular formula is C25H29N5OS. The standard InChI is InChI=1S/C25H29N5OS/c1-28(2)21-13-16-30(17-21)20-9-7-19(8-10-20)26-25(31)29-14-11-18(12-15-29)24-27-22-5-3-4-6-23(22)32-24/h3-11,21H,12-17H2,1-2H3,(H,26,31). The molecule has 6 nitrogen and oxygen atoms in total. The molecule has 0 bridgehead atoms. The Hall–Kier alpha value is -2.90. The van der Waals surface area contributed by atoms with E-state index in [1.54, 1.807) is 11.3 Å². The fourth-order valence-electron chi connectivity index (χ4n) is 4.41. The third kappa shape index (κ3) is 4.36. The van der Waals surface area contributed by atoms with Crippen molar-refractivity contribution in [3.05, 3.63) is 59.6 Å². The number of amides is 2. The molecule has 166 valence electrons. The summed E-state index contributed by atoms with van der Waals surface area (Å²) in [5.41, 5.74) is 4.33. The Morgan fingerprint density at radius 3 is 2.62 bits per heavy atom. The highest BCUT2D eigenvalue weighted by molar-refractivity contribution is 7.19. The zero-order valence-corrected chi connectivity index (χ0v) is 19.4. The lowest BCUT2D eigenvalue weighted by atomic mass is 10.1. The summed E-state index contributed by atoms with van der Waals surface area (Å²) in [5.74, 6) is 0. The van der Waals surface area contributed by atoms with Crippen molar-refractivity contribution in [2.24, 2.45) is 0 Å². The minimum absolute atomic E-state index is 0.0498. The van der Waals surface area contributed by atoms with Crippen LogP contribution in [0.25, 0.3) is 15.8 Å². The predicted octanol–water partition coefficient (Wildman–Crippen LogP) is 4.76. The first kappa shape index (κ1) is 21.0. The van der Waals surface area contributed by atoms with Crippen molar-refractivity contribution in [1.82, 2.24) is 14.8 Å². The second-order valence-corrected chi connectivity index (χ2v) is 9.77. The maximum absolute atomic E-state index is 12.8. The van der Waals surface area contributed by atoms with Gasteiger partial charge in [-0.1, -0.05) is 18.2 Å². The fourth-order valence-corrected chi connectivity index (χ4v) is 5.45. The molecule has 0 spiro atoms. The monoisotopic (exact) mass is 447 g/mol. The van der Waals surface area contributed by atoms with Crippen LogP contribution < -0.4 is 10.2 Å². The van der Waals surface area contributed by atoms with Crippen LogP contribution in [-0.2, 0) is 0 Å². The van der Waals surface area contributed by atoms with Crippen molar-refractivity contribution in [3.63, 3.8) is 0 Å². The number of rotatable bonds is 4. The molecule has 1 atom stereocenters. The molecule has 2 aliphatic rings. The number of carbonyl (C=O) groups excluding carboxylic acids is 1. The van der Waals surface area contributed by atoms with Gasteiger partial charge in [-0.2, -0.15) is 0 Å². The Labute approximate surface area is 193 Å². The molecule has 1 aromatic heterocycles. The lowest BCUT2D eigenvalue weighted by Gasteiger charge is -2.26. The maximum Gasteiger partial charge on any atom is 0.322 e. The molecule has 0 radical (unpaired) electrons. The van der Waals surface area contributed by atoms with Crippen LogP contribution in [0.2, 0.25) is 0 Å². The second-order valence-electron chi connectivity index (χ2n) is 8.74. The first-order valence-electron chi connectivity index (χ1n) is 11.2. The number of benzene rings is 2. The predicted molar refractivity (Wildman–Crippen MR) is 134 cm³/mol. The highest BCUT2D eigenvalue weighted by atomic mass is 32.1. The van der Waals surface area contributed by atoms with Gasteiger partial charge in [-0.05, 0) is 68.9 Å². The van der Waals surface area contributed by atoms with Gasteiger partial charge in [-0.15, -0.1) is 11.3 Å². The van der Waals surface area contributed by atoms with E-state index in [0.717, 1.165) is 35.7 Å². The first-order valence-corrected chi connectivity index (χ1v) is 12.0. The van der Waals surface area contributed by atoms with Crippen molar-refractivity contribution in [1.29, 1.82) is 0 Å². The van der Waals surface area contributed by atoms with Crippen LogP contribution in [0, 0.1) is 0 Å². The molecule has 1 unspecified atom stereocenters. The van der Waals surface area contributed by atoms with Crippen molar-refractivity contribution < 1.29 is 4.79 Å². The summed E-state index contributed by atoms with van der Waals surface area (Å²) in [5, 5.41) is 4.12. The van der Waals surface area contributed by atoms with Gasteiger partial charge in [0.1, 0.15) is 5.01 Å². The van der Waals surface area contributed by atoms with Crippen molar-refractivity contribution in [2.45, 2.75) is 18.9 Å². The fraction of sp³-hybridized carbons (Fsp3) is 0.360. The topological polar surface area (TPSA) is 51.7 Å². The minimum atomic E-state index is -0.0498. The molecule has 0 saturated carbocycles. The molecule has 7 heteroatoms. The van der Waals surface area contributed by atoms with E-state index in [4.69, 9.17) is 4.98 Å². The zero-order valence-electron chi connectivity index (χ0n) is 18.6. The van der Waals surface area contributed by atoms with Gasteiger partial charge in [0, 0.05) is 43.6 Å². The van der Waals surface area contributed by atoms with Gasteiger partial charge < -0.3 is 20.0 Å². The van der Waals surface area contributed by atoms with Gasteiger partial charge >= 0.3 is 6.03 Å². The molecular weight excluding hydrogens is 418 g/mol. The molecule has 2 amide bonds. The third-order valence-corrected chi connectivity index (χ3v) is 7.55. The van der Waals surface area contributed by atoms with E-state index in [0.29, 0.717) is 19.1 Å². The average Bonchev–Trinajstić information content (AvgIpc) is 3.47. The van der Waals surface area contributed by atoms with E-state index in [-0.39, 0.29) is 6.03 Å². The van der Waals surface area contributed by atoms with Crippen LogP contribution in [0.5, 0.6) is 0 Å². The largest absolute Gasteiger partial charge is 0.370 e. The van der Waals surface area contributed by atoms with Crippen LogP contribution in [0.15, 0.2) is 54.6 Å². The maximum atomic E-state index is 12.8. The number of likely N-dealkylation sites (N-methyl/N-ethyl adjacent to an activating group) is 1. The number of carbonyl (C=O) groups is 1. The highest BCUT2D eigenvalue weighted by Crippen LogP contribution is 2.30. The zero-order chi connectivity index (χ0) is 22.1. The van der Waals surface area contributed by atoms with Gasteiger partial charge in [0.05, 0.1) is 10.2 Å². The number of thiazole rings is 1. The van der Waals surface area contributed by atoms with Crippen LogP contribution in [0.3, 0.4) is 0 Å². The third-order valence-electron chi connectivity index (χ3n) is 6.44. The summed E-state index contributed by atoms with van der Waals surface area (Å²) in [7, 11) is 4.29. The molecule has 2 aliphatic heterocycles. The summed E-state index contributed by atoms with van der Waals surface area (Å²) >= 11 is 1.72. The molecule has 1 fully saturated rings. The summed E-state index contributed by atoms with van der Waals surface area (Å²) in [6, 6.07) is 17.0. The molecule has 0 aliphatic carbocycles. The van der Waals surface area contributed by atoms with Crippen LogP contribution in [-0.4, -0.2) is 67.1 Å². The number of urea groups is 1. The number of aromatic nitrogens is 1. The normalized spacial score (nSPS) is 19.0.